The average Bonchev–Trinajstić information content (AvgIpc) is 3.03. The van der Waals surface area contributed by atoms with E-state index in [0.29, 0.717) is 6.54 Å². The highest BCUT2D eigenvalue weighted by molar-refractivity contribution is 7.90. The fourth-order valence-corrected chi connectivity index (χ4v) is 4.40. The van der Waals surface area contributed by atoms with Crippen LogP contribution in [0.1, 0.15) is 32.6 Å². The molecule has 1 heterocycles. The van der Waals surface area contributed by atoms with Crippen LogP contribution in [0, 0.1) is 0 Å². The van der Waals surface area contributed by atoms with Gasteiger partial charge in [-0.05, 0) is 38.8 Å². The van der Waals surface area contributed by atoms with Crippen molar-refractivity contribution in [2.24, 2.45) is 0 Å². The van der Waals surface area contributed by atoms with Crippen molar-refractivity contribution >= 4 is 10.0 Å². The van der Waals surface area contributed by atoms with Crippen LogP contribution in [0.15, 0.2) is 0 Å². The first kappa shape index (κ1) is 11.4. The van der Waals surface area contributed by atoms with Crippen LogP contribution in [0.5, 0.6) is 0 Å². The average molecular weight is 232 g/mol. The molecule has 0 atom stereocenters. The zero-order valence-electron chi connectivity index (χ0n) is 9.28. The van der Waals surface area contributed by atoms with Gasteiger partial charge in [0.25, 0.3) is 0 Å². The van der Waals surface area contributed by atoms with Crippen LogP contribution in [0.3, 0.4) is 0 Å². The highest BCUT2D eigenvalue weighted by Gasteiger charge is 2.42. The van der Waals surface area contributed by atoms with E-state index >= 15 is 0 Å². The van der Waals surface area contributed by atoms with Gasteiger partial charge in [0.1, 0.15) is 0 Å². The number of sulfonamides is 1. The number of hydrogen-bond acceptors (Lipinski definition) is 3. The predicted molar refractivity (Wildman–Crippen MR) is 60.2 cm³/mol. The van der Waals surface area contributed by atoms with Crippen LogP contribution < -0.4 is 5.32 Å². The quantitative estimate of drug-likeness (QED) is 0.770. The van der Waals surface area contributed by atoms with Crippen molar-refractivity contribution in [2.75, 3.05) is 19.6 Å². The maximum atomic E-state index is 12.1. The predicted octanol–water partition coefficient (Wildman–Crippen LogP) is 0.552. The van der Waals surface area contributed by atoms with E-state index in [1.54, 1.807) is 4.31 Å². The van der Waals surface area contributed by atoms with E-state index in [-0.39, 0.29) is 11.3 Å². The van der Waals surface area contributed by atoms with E-state index in [2.05, 4.69) is 5.32 Å². The first-order valence-corrected chi connectivity index (χ1v) is 7.38. The smallest absolute Gasteiger partial charge is 0.217 e. The van der Waals surface area contributed by atoms with Gasteiger partial charge in [-0.3, -0.25) is 0 Å². The summed E-state index contributed by atoms with van der Waals surface area (Å²) in [7, 11) is -2.97. The SMILES string of the molecule is CCN(C1CCNCC1)S(=O)(=O)C1CC1. The van der Waals surface area contributed by atoms with Gasteiger partial charge in [-0.25, -0.2) is 8.42 Å². The topological polar surface area (TPSA) is 49.4 Å². The second-order valence-electron chi connectivity index (χ2n) is 4.43. The Hall–Kier alpha value is -0.130. The van der Waals surface area contributed by atoms with E-state index in [1.165, 1.54) is 0 Å². The van der Waals surface area contributed by atoms with Crippen LogP contribution in [-0.2, 0) is 10.0 Å². The zero-order chi connectivity index (χ0) is 10.9. The Kier molecular flexibility index (Phi) is 3.33. The first-order chi connectivity index (χ1) is 7.16. The van der Waals surface area contributed by atoms with E-state index in [9.17, 15) is 8.42 Å². The van der Waals surface area contributed by atoms with Gasteiger partial charge in [-0.2, -0.15) is 4.31 Å². The minimum Gasteiger partial charge on any atom is -0.317 e. The molecule has 88 valence electrons. The van der Waals surface area contributed by atoms with Crippen molar-refractivity contribution in [3.8, 4) is 0 Å². The zero-order valence-corrected chi connectivity index (χ0v) is 10.1. The summed E-state index contributed by atoms with van der Waals surface area (Å²) in [5.74, 6) is 0. The summed E-state index contributed by atoms with van der Waals surface area (Å²) in [6, 6.07) is 0.238. The standard InChI is InChI=1S/C10H20N2O2S/c1-2-12(9-5-7-11-8-6-9)15(13,14)10-3-4-10/h9-11H,2-8H2,1H3. The Labute approximate surface area is 92.1 Å². The fraction of sp³-hybridized carbons (Fsp3) is 1.00. The van der Waals surface area contributed by atoms with Gasteiger partial charge in [0.2, 0.25) is 10.0 Å². The molecule has 2 aliphatic rings. The van der Waals surface area contributed by atoms with Gasteiger partial charge in [0, 0.05) is 12.6 Å². The minimum absolute atomic E-state index is 0.0627. The van der Waals surface area contributed by atoms with Crippen molar-refractivity contribution < 1.29 is 8.42 Å². The maximum absolute atomic E-state index is 12.1. The molecular weight excluding hydrogens is 212 g/mol. The van der Waals surface area contributed by atoms with Crippen LogP contribution in [0.4, 0.5) is 0 Å². The monoisotopic (exact) mass is 232 g/mol. The Morgan fingerprint density at radius 1 is 1.20 bits per heavy atom. The molecule has 0 radical (unpaired) electrons. The molecule has 5 heteroatoms. The Balaban J connectivity index is 2.08. The second kappa shape index (κ2) is 4.39. The molecule has 1 saturated carbocycles. The van der Waals surface area contributed by atoms with Crippen LogP contribution in [0.25, 0.3) is 0 Å². The summed E-state index contributed by atoms with van der Waals surface area (Å²) >= 11 is 0. The van der Waals surface area contributed by atoms with Crippen LogP contribution in [0.2, 0.25) is 0 Å². The summed E-state index contributed by atoms with van der Waals surface area (Å²) in [6.07, 6.45) is 3.65. The normalized spacial score (nSPS) is 24.7. The molecule has 0 aromatic carbocycles. The molecule has 2 fully saturated rings. The largest absolute Gasteiger partial charge is 0.317 e. The van der Waals surface area contributed by atoms with Crippen molar-refractivity contribution in [2.45, 2.75) is 43.9 Å². The van der Waals surface area contributed by atoms with Crippen molar-refractivity contribution in [3.63, 3.8) is 0 Å². The first-order valence-electron chi connectivity index (χ1n) is 5.87. The van der Waals surface area contributed by atoms with Gasteiger partial charge in [-0.1, -0.05) is 6.92 Å². The van der Waals surface area contributed by atoms with E-state index in [1.807, 2.05) is 6.92 Å². The molecule has 0 unspecified atom stereocenters. The van der Waals surface area contributed by atoms with Gasteiger partial charge in [-0.15, -0.1) is 0 Å². The van der Waals surface area contributed by atoms with E-state index in [4.69, 9.17) is 0 Å². The third kappa shape index (κ3) is 2.34. The number of nitrogens with one attached hydrogen (secondary N) is 1. The summed E-state index contributed by atoms with van der Waals surface area (Å²) in [4.78, 5) is 0. The molecule has 0 aromatic rings. The lowest BCUT2D eigenvalue weighted by atomic mass is 10.1. The Morgan fingerprint density at radius 2 is 1.80 bits per heavy atom. The summed E-state index contributed by atoms with van der Waals surface area (Å²) < 4.78 is 26.0. The molecule has 15 heavy (non-hydrogen) atoms. The highest BCUT2D eigenvalue weighted by atomic mass is 32.2. The number of piperidine rings is 1. The Morgan fingerprint density at radius 3 is 2.27 bits per heavy atom. The third-order valence-electron chi connectivity index (χ3n) is 3.30. The fourth-order valence-electron chi connectivity index (χ4n) is 2.30. The van der Waals surface area contributed by atoms with Crippen molar-refractivity contribution in [3.05, 3.63) is 0 Å². The Bertz CT molecular complexity index is 305. The number of rotatable bonds is 4. The second-order valence-corrected chi connectivity index (χ2v) is 6.59. The molecule has 0 bridgehead atoms. The molecule has 4 nitrogen and oxygen atoms in total. The summed E-state index contributed by atoms with van der Waals surface area (Å²) in [6.45, 7) is 4.47. The summed E-state index contributed by atoms with van der Waals surface area (Å²) in [5.41, 5.74) is 0. The number of nitrogens with zero attached hydrogens (tertiary/aromatic N) is 1. The molecule has 1 N–H and O–H groups in total. The molecule has 0 amide bonds. The molecular formula is C10H20N2O2S. The van der Waals surface area contributed by atoms with E-state index < -0.39 is 10.0 Å². The lowest BCUT2D eigenvalue weighted by Crippen LogP contribution is -2.47. The lowest BCUT2D eigenvalue weighted by Gasteiger charge is -2.33. The van der Waals surface area contributed by atoms with Gasteiger partial charge in [0.05, 0.1) is 5.25 Å². The lowest BCUT2D eigenvalue weighted by molar-refractivity contribution is 0.270. The molecule has 0 aromatic heterocycles. The third-order valence-corrected chi connectivity index (χ3v) is 5.82. The highest BCUT2D eigenvalue weighted by Crippen LogP contribution is 2.32. The minimum atomic E-state index is -2.97. The molecule has 1 saturated heterocycles. The molecule has 0 spiro atoms. The van der Waals surface area contributed by atoms with Crippen molar-refractivity contribution in [1.29, 1.82) is 0 Å². The van der Waals surface area contributed by atoms with Crippen molar-refractivity contribution in [1.82, 2.24) is 9.62 Å². The van der Waals surface area contributed by atoms with Gasteiger partial charge < -0.3 is 5.32 Å². The number of hydrogen-bond donors (Lipinski definition) is 1. The van der Waals surface area contributed by atoms with Crippen LogP contribution >= 0.6 is 0 Å². The molecule has 1 aliphatic heterocycles. The molecule has 2 rings (SSSR count). The summed E-state index contributed by atoms with van der Waals surface area (Å²) in [5, 5.41) is 3.21. The molecule has 1 aliphatic carbocycles. The van der Waals surface area contributed by atoms with Gasteiger partial charge >= 0.3 is 0 Å². The van der Waals surface area contributed by atoms with Gasteiger partial charge in [0.15, 0.2) is 0 Å². The van der Waals surface area contributed by atoms with Crippen LogP contribution in [-0.4, -0.2) is 43.6 Å². The van der Waals surface area contributed by atoms with E-state index in [0.717, 1.165) is 38.8 Å². The maximum Gasteiger partial charge on any atom is 0.217 e.